The van der Waals surface area contributed by atoms with Crippen molar-refractivity contribution < 1.29 is 13.6 Å². The molecule has 0 aromatic heterocycles. The molecule has 2 aliphatic heterocycles. The van der Waals surface area contributed by atoms with Crippen molar-refractivity contribution in [2.75, 3.05) is 26.2 Å². The Bertz CT molecular complexity index is 608. The van der Waals surface area contributed by atoms with Crippen LogP contribution in [0.3, 0.4) is 0 Å². The first-order valence-electron chi connectivity index (χ1n) is 8.48. The molecule has 0 N–H and O–H groups in total. The number of hydrogen-bond donors (Lipinski definition) is 0. The van der Waals surface area contributed by atoms with Gasteiger partial charge in [0.25, 0.3) is 5.92 Å². The maximum absolute atomic E-state index is 14.4. The SMILES string of the molecule is CCN1CCC[C@]2(CN(Cc3ccc(Cl)cc3)CC(F)(F)C2)C1=O. The van der Waals surface area contributed by atoms with E-state index in [1.165, 1.54) is 0 Å². The zero-order chi connectivity index (χ0) is 17.4. The summed E-state index contributed by atoms with van der Waals surface area (Å²) in [5.74, 6) is -2.94. The quantitative estimate of drug-likeness (QED) is 0.822. The number of halogens is 3. The third kappa shape index (κ3) is 3.57. The molecule has 1 amide bonds. The molecule has 0 bridgehead atoms. The molecule has 2 fully saturated rings. The number of likely N-dealkylation sites (tertiary alicyclic amines) is 2. The van der Waals surface area contributed by atoms with Gasteiger partial charge in [-0.15, -0.1) is 0 Å². The standard InChI is InChI=1S/C18H23ClF2N2O/c1-2-23-9-3-8-17(16(23)24)11-18(20,21)13-22(12-17)10-14-4-6-15(19)7-5-14/h4-7H,2-3,8-13H2,1H3/t17-/m0/s1. The van der Waals surface area contributed by atoms with Gasteiger partial charge in [-0.25, -0.2) is 8.78 Å². The number of alkyl halides is 2. The summed E-state index contributed by atoms with van der Waals surface area (Å²) in [6, 6.07) is 7.23. The van der Waals surface area contributed by atoms with Gasteiger partial charge >= 0.3 is 0 Å². The zero-order valence-electron chi connectivity index (χ0n) is 13.9. The maximum atomic E-state index is 14.4. The van der Waals surface area contributed by atoms with E-state index < -0.39 is 11.3 Å². The monoisotopic (exact) mass is 356 g/mol. The van der Waals surface area contributed by atoms with E-state index >= 15 is 0 Å². The lowest BCUT2D eigenvalue weighted by atomic mass is 9.71. The van der Waals surface area contributed by atoms with Gasteiger partial charge < -0.3 is 4.90 Å². The van der Waals surface area contributed by atoms with Crippen molar-refractivity contribution in [2.45, 2.75) is 38.7 Å². The zero-order valence-corrected chi connectivity index (χ0v) is 14.7. The van der Waals surface area contributed by atoms with Crippen molar-refractivity contribution in [1.82, 2.24) is 9.80 Å². The predicted molar refractivity (Wildman–Crippen MR) is 90.2 cm³/mol. The van der Waals surface area contributed by atoms with Crippen molar-refractivity contribution in [3.8, 4) is 0 Å². The van der Waals surface area contributed by atoms with Crippen LogP contribution >= 0.6 is 11.6 Å². The molecule has 1 spiro atoms. The highest BCUT2D eigenvalue weighted by molar-refractivity contribution is 6.30. The van der Waals surface area contributed by atoms with Crippen molar-refractivity contribution in [1.29, 1.82) is 0 Å². The minimum Gasteiger partial charge on any atom is -0.342 e. The minimum absolute atomic E-state index is 0.100. The Morgan fingerprint density at radius 2 is 1.92 bits per heavy atom. The van der Waals surface area contributed by atoms with E-state index in [0.717, 1.165) is 12.0 Å². The molecule has 0 radical (unpaired) electrons. The van der Waals surface area contributed by atoms with E-state index in [1.54, 1.807) is 21.9 Å². The number of amides is 1. The Kier molecular flexibility index (Phi) is 4.85. The summed E-state index contributed by atoms with van der Waals surface area (Å²) in [4.78, 5) is 16.3. The van der Waals surface area contributed by atoms with Crippen LogP contribution in [0.4, 0.5) is 8.78 Å². The average molecular weight is 357 g/mol. The predicted octanol–water partition coefficient (Wildman–Crippen LogP) is 3.81. The molecule has 3 nitrogen and oxygen atoms in total. The Labute approximate surface area is 146 Å². The Morgan fingerprint density at radius 3 is 2.58 bits per heavy atom. The first-order chi connectivity index (χ1) is 11.3. The first-order valence-corrected chi connectivity index (χ1v) is 8.85. The van der Waals surface area contributed by atoms with Gasteiger partial charge in [-0.1, -0.05) is 23.7 Å². The Balaban J connectivity index is 1.81. The molecule has 2 aliphatic rings. The lowest BCUT2D eigenvalue weighted by Gasteiger charge is -2.49. The van der Waals surface area contributed by atoms with Gasteiger partial charge in [0.1, 0.15) is 0 Å². The van der Waals surface area contributed by atoms with Gasteiger partial charge in [-0.05, 0) is 37.5 Å². The number of rotatable bonds is 3. The molecule has 1 aromatic rings. The molecular formula is C18H23ClF2N2O. The Morgan fingerprint density at radius 1 is 1.21 bits per heavy atom. The largest absolute Gasteiger partial charge is 0.342 e. The summed E-state index contributed by atoms with van der Waals surface area (Å²) < 4.78 is 28.8. The van der Waals surface area contributed by atoms with Crippen molar-refractivity contribution in [2.24, 2.45) is 5.41 Å². The molecule has 2 saturated heterocycles. The summed E-state index contributed by atoms with van der Waals surface area (Å²) >= 11 is 5.88. The molecule has 0 unspecified atom stereocenters. The average Bonchev–Trinajstić information content (AvgIpc) is 2.51. The van der Waals surface area contributed by atoms with Gasteiger partial charge in [0.15, 0.2) is 0 Å². The highest BCUT2D eigenvalue weighted by Crippen LogP contribution is 2.45. The molecule has 3 rings (SSSR count). The molecule has 0 aliphatic carbocycles. The summed E-state index contributed by atoms with van der Waals surface area (Å²) in [6.45, 7) is 3.69. The normalized spacial score (nSPS) is 27.7. The number of hydrogen-bond acceptors (Lipinski definition) is 2. The van der Waals surface area contributed by atoms with E-state index in [0.29, 0.717) is 37.6 Å². The van der Waals surface area contributed by atoms with Crippen LogP contribution < -0.4 is 0 Å². The second kappa shape index (κ2) is 6.60. The van der Waals surface area contributed by atoms with Crippen LogP contribution in [0.25, 0.3) is 0 Å². The van der Waals surface area contributed by atoms with E-state index in [1.807, 2.05) is 19.1 Å². The molecule has 1 aromatic carbocycles. The van der Waals surface area contributed by atoms with Crippen LogP contribution in [0, 0.1) is 5.41 Å². The second-order valence-corrected chi connectivity index (χ2v) is 7.51. The molecule has 0 saturated carbocycles. The van der Waals surface area contributed by atoms with Crippen LogP contribution in [0.15, 0.2) is 24.3 Å². The fourth-order valence-corrected chi connectivity index (χ4v) is 4.27. The summed E-state index contributed by atoms with van der Waals surface area (Å²) in [5.41, 5.74) is -0.00883. The van der Waals surface area contributed by atoms with Gasteiger partial charge in [0, 0.05) is 37.6 Å². The van der Waals surface area contributed by atoms with E-state index in [9.17, 15) is 13.6 Å². The molecule has 1 atom stereocenters. The molecule has 2 heterocycles. The smallest absolute Gasteiger partial charge is 0.261 e. The lowest BCUT2D eigenvalue weighted by Crippen LogP contribution is -2.60. The van der Waals surface area contributed by atoms with Gasteiger partial charge in [0.05, 0.1) is 12.0 Å². The van der Waals surface area contributed by atoms with Crippen molar-refractivity contribution in [3.63, 3.8) is 0 Å². The van der Waals surface area contributed by atoms with Crippen molar-refractivity contribution in [3.05, 3.63) is 34.9 Å². The highest BCUT2D eigenvalue weighted by Gasteiger charge is 2.54. The Hall–Kier alpha value is -1.20. The van der Waals surface area contributed by atoms with E-state index in [2.05, 4.69) is 0 Å². The number of carbonyl (C=O) groups excluding carboxylic acids is 1. The number of carbonyl (C=O) groups is 1. The number of benzene rings is 1. The fourth-order valence-electron chi connectivity index (χ4n) is 4.14. The van der Waals surface area contributed by atoms with Crippen LogP contribution in [-0.2, 0) is 11.3 Å². The van der Waals surface area contributed by atoms with Gasteiger partial charge in [-0.3, -0.25) is 9.69 Å². The molecule has 6 heteroatoms. The number of piperidine rings is 2. The first kappa shape index (κ1) is 17.6. The third-order valence-corrected chi connectivity index (χ3v) is 5.36. The lowest BCUT2D eigenvalue weighted by molar-refractivity contribution is -0.170. The summed E-state index contributed by atoms with van der Waals surface area (Å²) in [6.07, 6.45) is 1.02. The van der Waals surface area contributed by atoms with E-state index in [4.69, 9.17) is 11.6 Å². The van der Waals surface area contributed by atoms with Crippen LogP contribution in [0.1, 0.15) is 31.7 Å². The van der Waals surface area contributed by atoms with E-state index in [-0.39, 0.29) is 18.9 Å². The topological polar surface area (TPSA) is 23.6 Å². The van der Waals surface area contributed by atoms with Crippen LogP contribution in [0.2, 0.25) is 5.02 Å². The minimum atomic E-state index is -2.84. The molecule has 132 valence electrons. The van der Waals surface area contributed by atoms with Crippen molar-refractivity contribution >= 4 is 17.5 Å². The summed E-state index contributed by atoms with van der Waals surface area (Å²) in [5, 5.41) is 0.625. The molecule has 24 heavy (non-hydrogen) atoms. The van der Waals surface area contributed by atoms with Crippen LogP contribution in [0.5, 0.6) is 0 Å². The molecular weight excluding hydrogens is 334 g/mol. The fraction of sp³-hybridized carbons (Fsp3) is 0.611. The van der Waals surface area contributed by atoms with Gasteiger partial charge in [0.2, 0.25) is 5.91 Å². The van der Waals surface area contributed by atoms with Gasteiger partial charge in [-0.2, -0.15) is 0 Å². The second-order valence-electron chi connectivity index (χ2n) is 7.07. The summed E-state index contributed by atoms with van der Waals surface area (Å²) in [7, 11) is 0. The van der Waals surface area contributed by atoms with Crippen LogP contribution in [-0.4, -0.2) is 47.8 Å². The highest BCUT2D eigenvalue weighted by atomic mass is 35.5. The number of nitrogens with zero attached hydrogens (tertiary/aromatic N) is 2. The third-order valence-electron chi connectivity index (χ3n) is 5.10. The maximum Gasteiger partial charge on any atom is 0.261 e.